The third-order valence-corrected chi connectivity index (χ3v) is 17.6. The molecule has 0 unspecified atom stereocenters. The molecule has 4 aliphatic carbocycles. The van der Waals surface area contributed by atoms with E-state index >= 15 is 0 Å². The number of rotatable bonds is 6. The van der Waals surface area contributed by atoms with Crippen LogP contribution in [0.25, 0.3) is 22.3 Å². The van der Waals surface area contributed by atoms with Gasteiger partial charge >= 0.3 is 0 Å². The van der Waals surface area contributed by atoms with Crippen molar-refractivity contribution in [3.8, 4) is 22.3 Å². The van der Waals surface area contributed by atoms with Crippen LogP contribution in [0.1, 0.15) is 186 Å². The third-order valence-electron chi connectivity index (χ3n) is 17.6. The smallest absolute Gasteiger partial charge is 0.166 e. The van der Waals surface area contributed by atoms with E-state index in [1.165, 1.54) is 69.8 Å². The summed E-state index contributed by atoms with van der Waals surface area (Å²) in [4.78, 5) is 0. The molecule has 0 nitrogen and oxygen atoms in total. The minimum absolute atomic E-state index is 0.214. The highest BCUT2D eigenvalue weighted by Crippen LogP contribution is 2.45. The predicted octanol–water partition coefficient (Wildman–Crippen LogP) is 21.4. The molecule has 0 spiro atoms. The highest BCUT2D eigenvalue weighted by molar-refractivity contribution is 5.66. The first kappa shape index (κ1) is 58.4. The Kier molecular flexibility index (Phi) is 20.7. The maximum atomic E-state index is 14.2. The Morgan fingerprint density at radius 2 is 0.566 bits per heavy atom. The first-order valence-electron chi connectivity index (χ1n) is 28.3. The van der Waals surface area contributed by atoms with Crippen molar-refractivity contribution in [3.63, 3.8) is 0 Å². The van der Waals surface area contributed by atoms with Crippen LogP contribution in [-0.2, 0) is 0 Å². The topological polar surface area (TPSA) is 0 Å². The second-order valence-corrected chi connectivity index (χ2v) is 23.3. The van der Waals surface area contributed by atoms with Gasteiger partial charge in [0, 0.05) is 11.1 Å². The van der Waals surface area contributed by atoms with Gasteiger partial charge in [0.2, 0.25) is 0 Å². The maximum Gasteiger partial charge on any atom is 0.166 e. The molecule has 0 radical (unpaired) electrons. The molecule has 0 aliphatic heterocycles. The lowest BCUT2D eigenvalue weighted by molar-refractivity contribution is 0.164. The van der Waals surface area contributed by atoms with E-state index in [4.69, 9.17) is 0 Å². The molecular weight excluding hydrogens is 969 g/mol. The SMILES string of the molecule is Cc1ccc(-c2ccc(C)c(F)c2F)cc1.Cc1ccc(-c2ccc(C3CCC(C)CC3)cc2)c(F)c1F.Cc1ccc(C2CCC(C)CC2)c(F)c1F.Cc1ccc(C2CCC(C3CCC(C)CC3)CC2)c(F)c1F. The van der Waals surface area contributed by atoms with Gasteiger partial charge in [0.15, 0.2) is 46.5 Å². The van der Waals surface area contributed by atoms with Crippen molar-refractivity contribution in [1.82, 2.24) is 0 Å². The minimum Gasteiger partial charge on any atom is -0.203 e. The number of benzene rings is 6. The van der Waals surface area contributed by atoms with E-state index in [1.807, 2.05) is 31.2 Å². The molecule has 0 saturated heterocycles. The molecule has 0 bridgehead atoms. The summed E-state index contributed by atoms with van der Waals surface area (Å²) in [5.41, 5.74) is 7.16. The molecule has 6 aromatic carbocycles. The van der Waals surface area contributed by atoms with E-state index in [-0.39, 0.29) is 11.8 Å². The number of hydrogen-bond donors (Lipinski definition) is 0. The van der Waals surface area contributed by atoms with Crippen molar-refractivity contribution in [1.29, 1.82) is 0 Å². The molecule has 0 aromatic heterocycles. The van der Waals surface area contributed by atoms with Crippen LogP contribution in [0.2, 0.25) is 0 Å². The highest BCUT2D eigenvalue weighted by Gasteiger charge is 2.32. The largest absolute Gasteiger partial charge is 0.203 e. The zero-order valence-electron chi connectivity index (χ0n) is 46.2. The fourth-order valence-corrected chi connectivity index (χ4v) is 12.2. The molecule has 4 saturated carbocycles. The van der Waals surface area contributed by atoms with Crippen molar-refractivity contribution in [2.45, 2.75) is 176 Å². The Morgan fingerprint density at radius 1 is 0.276 bits per heavy atom. The quantitative estimate of drug-likeness (QED) is 0.146. The Morgan fingerprint density at radius 3 is 0.947 bits per heavy atom. The van der Waals surface area contributed by atoms with Crippen LogP contribution in [-0.4, -0.2) is 0 Å². The molecule has 10 rings (SSSR count). The Bertz CT molecular complexity index is 2820. The summed E-state index contributed by atoms with van der Waals surface area (Å²) in [6, 6.07) is 28.8. The molecule has 408 valence electrons. The molecule has 0 amide bonds. The molecule has 6 aromatic rings. The summed E-state index contributed by atoms with van der Waals surface area (Å²) in [6.07, 6.45) is 19.2. The van der Waals surface area contributed by atoms with Crippen LogP contribution >= 0.6 is 0 Å². The molecule has 8 heteroatoms. The van der Waals surface area contributed by atoms with E-state index < -0.39 is 46.5 Å². The summed E-state index contributed by atoms with van der Waals surface area (Å²) >= 11 is 0. The van der Waals surface area contributed by atoms with Gasteiger partial charge in [-0.25, -0.2) is 35.1 Å². The molecule has 0 heterocycles. The second-order valence-electron chi connectivity index (χ2n) is 23.3. The van der Waals surface area contributed by atoms with Crippen molar-refractivity contribution in [2.75, 3.05) is 0 Å². The molecule has 76 heavy (non-hydrogen) atoms. The van der Waals surface area contributed by atoms with Crippen molar-refractivity contribution in [3.05, 3.63) is 188 Å². The van der Waals surface area contributed by atoms with Gasteiger partial charge in [-0.2, -0.15) is 0 Å². The lowest BCUT2D eigenvalue weighted by Crippen LogP contribution is -2.25. The number of hydrogen-bond acceptors (Lipinski definition) is 0. The monoisotopic (exact) mass is 1050 g/mol. The summed E-state index contributed by atoms with van der Waals surface area (Å²) in [5.74, 6) is -0.369. The van der Waals surface area contributed by atoms with Gasteiger partial charge in [-0.3, -0.25) is 0 Å². The Labute approximate surface area is 449 Å². The zero-order chi connectivity index (χ0) is 54.8. The summed E-state index contributed by atoms with van der Waals surface area (Å²) in [7, 11) is 0. The van der Waals surface area contributed by atoms with Crippen molar-refractivity contribution >= 4 is 0 Å². The Hall–Kier alpha value is -5.24. The predicted molar refractivity (Wildman–Crippen MR) is 297 cm³/mol. The molecule has 4 fully saturated rings. The van der Waals surface area contributed by atoms with Gasteiger partial charge in [-0.05, 0) is 196 Å². The normalized spacial score (nSPS) is 23.5. The van der Waals surface area contributed by atoms with E-state index in [2.05, 4.69) is 32.9 Å². The second kappa shape index (κ2) is 26.9. The minimum atomic E-state index is -0.774. The average molecular weight is 1050 g/mol. The summed E-state index contributed by atoms with van der Waals surface area (Å²) in [6.45, 7) is 15.2. The van der Waals surface area contributed by atoms with Crippen LogP contribution in [0.15, 0.2) is 97.1 Å². The summed E-state index contributed by atoms with van der Waals surface area (Å²) < 4.78 is 110. The molecular formula is C68H80F8. The first-order valence-corrected chi connectivity index (χ1v) is 28.3. The van der Waals surface area contributed by atoms with Crippen LogP contribution in [0, 0.1) is 111 Å². The van der Waals surface area contributed by atoms with E-state index in [9.17, 15) is 35.1 Å². The molecule has 0 N–H and O–H groups in total. The zero-order valence-corrected chi connectivity index (χ0v) is 46.2. The van der Waals surface area contributed by atoms with E-state index in [1.54, 1.807) is 88.4 Å². The third kappa shape index (κ3) is 14.7. The van der Waals surface area contributed by atoms with Crippen molar-refractivity contribution < 1.29 is 35.1 Å². The van der Waals surface area contributed by atoms with Crippen LogP contribution in [0.4, 0.5) is 35.1 Å². The van der Waals surface area contributed by atoms with Crippen LogP contribution < -0.4 is 0 Å². The lowest BCUT2D eigenvalue weighted by atomic mass is 9.68. The highest BCUT2D eigenvalue weighted by atomic mass is 19.2. The van der Waals surface area contributed by atoms with E-state index in [0.29, 0.717) is 56.0 Å². The van der Waals surface area contributed by atoms with Crippen LogP contribution in [0.5, 0.6) is 0 Å². The van der Waals surface area contributed by atoms with Gasteiger partial charge < -0.3 is 0 Å². The van der Waals surface area contributed by atoms with E-state index in [0.717, 1.165) is 79.2 Å². The van der Waals surface area contributed by atoms with Gasteiger partial charge in [0.1, 0.15) is 0 Å². The number of halogens is 8. The van der Waals surface area contributed by atoms with Gasteiger partial charge in [0.05, 0.1) is 0 Å². The van der Waals surface area contributed by atoms with Gasteiger partial charge in [0.25, 0.3) is 0 Å². The Balaban J connectivity index is 0.000000149. The lowest BCUT2D eigenvalue weighted by Gasteiger charge is -2.37. The van der Waals surface area contributed by atoms with Gasteiger partial charge in [-0.1, -0.05) is 162 Å². The average Bonchev–Trinajstić information content (AvgIpc) is 3.43. The van der Waals surface area contributed by atoms with Gasteiger partial charge in [-0.15, -0.1) is 0 Å². The molecule has 0 atom stereocenters. The summed E-state index contributed by atoms with van der Waals surface area (Å²) in [5, 5.41) is 0. The first-order chi connectivity index (χ1) is 36.3. The number of aryl methyl sites for hydroxylation is 5. The standard InChI is InChI=1S/C20H28F2.C20H22F2.C14H18F2.C14H12F2/c2*1-13-3-6-15(7-4-13)16-8-10-17(11-9-16)18-12-5-14(2)19(21)20(18)22;2*1-9-3-6-11(7-4-9)12-8-5-10(2)13(15)14(12)16/h5,12-13,15-17H,3-4,6-11H2,1-2H3;5,8-13,15H,3-4,6-7H2,1-2H3;5,8-9,11H,3-4,6-7H2,1-2H3;3-8H,1-2H3. The molecule has 4 aliphatic rings. The van der Waals surface area contributed by atoms with Crippen molar-refractivity contribution in [2.24, 2.45) is 29.6 Å². The van der Waals surface area contributed by atoms with Crippen LogP contribution in [0.3, 0.4) is 0 Å². The fourth-order valence-electron chi connectivity index (χ4n) is 12.2. The maximum absolute atomic E-state index is 14.2. The fraction of sp³-hybridized carbons (Fsp3) is 0.471.